The van der Waals surface area contributed by atoms with Gasteiger partial charge in [0, 0.05) is 72.5 Å². The molecule has 0 spiro atoms. The number of anilines is 1. The van der Waals surface area contributed by atoms with Gasteiger partial charge in [-0.15, -0.1) is 0 Å². The molecule has 7 heteroatoms. The Morgan fingerprint density at radius 1 is 1.09 bits per heavy atom. The van der Waals surface area contributed by atoms with Crippen molar-refractivity contribution in [2.45, 2.75) is 32.9 Å². The lowest BCUT2D eigenvalue weighted by atomic mass is 9.81. The molecule has 1 atom stereocenters. The van der Waals surface area contributed by atoms with Crippen molar-refractivity contribution in [2.75, 3.05) is 25.6 Å². The molecule has 2 aromatic carbocycles. The van der Waals surface area contributed by atoms with Crippen molar-refractivity contribution in [3.8, 4) is 5.75 Å². The van der Waals surface area contributed by atoms with E-state index in [1.54, 1.807) is 6.20 Å². The molecule has 34 heavy (non-hydrogen) atoms. The summed E-state index contributed by atoms with van der Waals surface area (Å²) in [7, 11) is 3.96. The summed E-state index contributed by atoms with van der Waals surface area (Å²) in [6.45, 7) is 7.37. The normalized spacial score (nSPS) is 17.0. The standard InChI is InChI=1S/C27H28N4O3/c1-6-31-17(3)23(19-10-8-9-11-21(19)31)27(25-24(26(32)34-27)28-14-15-29-25)20-13-12-18(30(4)5)16-22(20)33-7-2/h8-16H,6-7H2,1-5H3. The van der Waals surface area contributed by atoms with Gasteiger partial charge in [0.25, 0.3) is 0 Å². The fourth-order valence-electron chi connectivity index (χ4n) is 5.11. The Morgan fingerprint density at radius 2 is 1.85 bits per heavy atom. The highest BCUT2D eigenvalue weighted by molar-refractivity contribution is 5.97. The van der Waals surface area contributed by atoms with Gasteiger partial charge in [0.05, 0.1) is 6.61 Å². The van der Waals surface area contributed by atoms with E-state index >= 15 is 0 Å². The monoisotopic (exact) mass is 456 g/mol. The van der Waals surface area contributed by atoms with E-state index in [1.807, 2.05) is 56.3 Å². The average Bonchev–Trinajstić information content (AvgIpc) is 3.30. The number of hydrogen-bond acceptors (Lipinski definition) is 6. The number of fused-ring (bicyclic) bond motifs is 2. The van der Waals surface area contributed by atoms with E-state index in [9.17, 15) is 4.79 Å². The topological polar surface area (TPSA) is 69.5 Å². The van der Waals surface area contributed by atoms with Gasteiger partial charge in [-0.1, -0.05) is 18.2 Å². The first-order valence-corrected chi connectivity index (χ1v) is 11.5. The van der Waals surface area contributed by atoms with E-state index < -0.39 is 11.6 Å². The van der Waals surface area contributed by atoms with Crippen LogP contribution in [0, 0.1) is 6.92 Å². The van der Waals surface area contributed by atoms with Crippen LogP contribution in [-0.2, 0) is 16.9 Å². The van der Waals surface area contributed by atoms with E-state index in [-0.39, 0.29) is 5.69 Å². The Kier molecular flexibility index (Phi) is 5.27. The maximum absolute atomic E-state index is 13.2. The number of hydrogen-bond donors (Lipinski definition) is 0. The molecule has 0 fully saturated rings. The summed E-state index contributed by atoms with van der Waals surface area (Å²) >= 11 is 0. The minimum Gasteiger partial charge on any atom is -0.493 e. The highest BCUT2D eigenvalue weighted by Gasteiger charge is 2.54. The number of carbonyl (C=O) groups excluding carboxylic acids is 1. The maximum Gasteiger partial charge on any atom is 0.360 e. The van der Waals surface area contributed by atoms with E-state index in [2.05, 4.69) is 40.5 Å². The van der Waals surface area contributed by atoms with E-state index in [4.69, 9.17) is 9.47 Å². The molecular weight excluding hydrogens is 428 g/mol. The molecule has 3 heterocycles. The first-order valence-electron chi connectivity index (χ1n) is 11.5. The Bertz CT molecular complexity index is 1410. The molecule has 0 aliphatic carbocycles. The first-order chi connectivity index (χ1) is 16.4. The summed E-state index contributed by atoms with van der Waals surface area (Å²) in [5.74, 6) is 0.155. The molecule has 2 aromatic heterocycles. The van der Waals surface area contributed by atoms with Gasteiger partial charge < -0.3 is 18.9 Å². The van der Waals surface area contributed by atoms with E-state index in [1.165, 1.54) is 6.20 Å². The molecule has 5 rings (SSSR count). The number of benzene rings is 2. The van der Waals surface area contributed by atoms with Crippen LogP contribution in [0.2, 0.25) is 0 Å². The quantitative estimate of drug-likeness (QED) is 0.392. The third kappa shape index (κ3) is 3.00. The smallest absolute Gasteiger partial charge is 0.360 e. The minimum atomic E-state index is -1.29. The highest BCUT2D eigenvalue weighted by atomic mass is 16.6. The van der Waals surface area contributed by atoms with Crippen molar-refractivity contribution in [3.05, 3.63) is 83.1 Å². The van der Waals surface area contributed by atoms with Crippen LogP contribution in [-0.4, -0.2) is 41.2 Å². The SMILES string of the molecule is CCOc1cc(N(C)C)ccc1C1(c2c(C)n(CC)c3ccccc23)OC(=O)c2nccnc21. The molecule has 0 N–H and O–H groups in total. The Labute approximate surface area is 199 Å². The Balaban J connectivity index is 1.94. The summed E-state index contributed by atoms with van der Waals surface area (Å²) in [4.78, 5) is 24.3. The predicted octanol–water partition coefficient (Wildman–Crippen LogP) is 4.69. The van der Waals surface area contributed by atoms with Crippen LogP contribution in [0.15, 0.2) is 54.9 Å². The lowest BCUT2D eigenvalue weighted by molar-refractivity contribution is 0.0235. The van der Waals surface area contributed by atoms with E-state index in [0.29, 0.717) is 18.1 Å². The van der Waals surface area contributed by atoms with Crippen LogP contribution < -0.4 is 9.64 Å². The third-order valence-electron chi connectivity index (χ3n) is 6.53. The lowest BCUT2D eigenvalue weighted by Gasteiger charge is -2.31. The van der Waals surface area contributed by atoms with Crippen molar-refractivity contribution < 1.29 is 14.3 Å². The maximum atomic E-state index is 13.2. The zero-order chi connectivity index (χ0) is 24.0. The number of aromatic nitrogens is 3. The largest absolute Gasteiger partial charge is 0.493 e. The van der Waals surface area contributed by atoms with E-state index in [0.717, 1.165) is 40.0 Å². The van der Waals surface area contributed by atoms with Crippen LogP contribution in [0.3, 0.4) is 0 Å². The summed E-state index contributed by atoms with van der Waals surface area (Å²) < 4.78 is 14.7. The van der Waals surface area contributed by atoms with Gasteiger partial charge in [0.15, 0.2) is 5.69 Å². The number of esters is 1. The first kappa shape index (κ1) is 21.9. The van der Waals surface area contributed by atoms with Gasteiger partial charge >= 0.3 is 5.97 Å². The third-order valence-corrected chi connectivity index (χ3v) is 6.53. The van der Waals surface area contributed by atoms with Crippen LogP contribution in [0.1, 0.15) is 46.9 Å². The second kappa shape index (κ2) is 8.17. The fraction of sp³-hybridized carbons (Fsp3) is 0.296. The van der Waals surface area contributed by atoms with Crippen LogP contribution >= 0.6 is 0 Å². The van der Waals surface area contributed by atoms with Crippen molar-refractivity contribution in [2.24, 2.45) is 0 Å². The molecule has 0 saturated heterocycles. The average molecular weight is 457 g/mol. The molecule has 4 aromatic rings. The van der Waals surface area contributed by atoms with Gasteiger partial charge in [-0.2, -0.15) is 0 Å². The molecule has 1 aliphatic rings. The lowest BCUT2D eigenvalue weighted by Crippen LogP contribution is -2.32. The van der Waals surface area contributed by atoms with Gasteiger partial charge in [0.2, 0.25) is 5.60 Å². The number of nitrogens with zero attached hydrogens (tertiary/aromatic N) is 4. The minimum absolute atomic E-state index is 0.231. The molecule has 0 saturated carbocycles. The van der Waals surface area contributed by atoms with Crippen molar-refractivity contribution in [1.82, 2.24) is 14.5 Å². The van der Waals surface area contributed by atoms with Crippen molar-refractivity contribution in [3.63, 3.8) is 0 Å². The van der Waals surface area contributed by atoms with Gasteiger partial charge in [0.1, 0.15) is 11.4 Å². The van der Waals surface area contributed by atoms with Gasteiger partial charge in [-0.05, 0) is 39.0 Å². The van der Waals surface area contributed by atoms with Gasteiger partial charge in [-0.25, -0.2) is 9.78 Å². The van der Waals surface area contributed by atoms with Crippen LogP contribution in [0.4, 0.5) is 5.69 Å². The molecule has 174 valence electrons. The number of cyclic esters (lactones) is 1. The second-order valence-electron chi connectivity index (χ2n) is 8.55. The molecule has 0 bridgehead atoms. The Hall–Kier alpha value is -3.87. The molecule has 0 radical (unpaired) electrons. The zero-order valence-electron chi connectivity index (χ0n) is 20.1. The predicted molar refractivity (Wildman–Crippen MR) is 132 cm³/mol. The number of aryl methyl sites for hydroxylation is 1. The fourth-order valence-corrected chi connectivity index (χ4v) is 5.11. The molecule has 0 amide bonds. The molecule has 7 nitrogen and oxygen atoms in total. The second-order valence-corrected chi connectivity index (χ2v) is 8.55. The van der Waals surface area contributed by atoms with Crippen LogP contribution in [0.5, 0.6) is 5.75 Å². The summed E-state index contributed by atoms with van der Waals surface area (Å²) in [6, 6.07) is 14.2. The molecule has 1 unspecified atom stereocenters. The zero-order valence-corrected chi connectivity index (χ0v) is 20.1. The van der Waals surface area contributed by atoms with Gasteiger partial charge in [-0.3, -0.25) is 4.98 Å². The number of ether oxygens (including phenoxy) is 2. The van der Waals surface area contributed by atoms with Crippen molar-refractivity contribution in [1.29, 1.82) is 0 Å². The van der Waals surface area contributed by atoms with Crippen molar-refractivity contribution >= 4 is 22.6 Å². The number of carbonyl (C=O) groups is 1. The molecule has 1 aliphatic heterocycles. The molecular formula is C27H28N4O3. The summed E-state index contributed by atoms with van der Waals surface area (Å²) in [5, 5.41) is 1.01. The number of para-hydroxylation sites is 1. The summed E-state index contributed by atoms with van der Waals surface area (Å²) in [6.07, 6.45) is 3.13. The van der Waals surface area contributed by atoms with Crippen LogP contribution in [0.25, 0.3) is 10.9 Å². The highest BCUT2D eigenvalue weighted by Crippen LogP contribution is 2.52. The summed E-state index contributed by atoms with van der Waals surface area (Å²) in [5.41, 5.74) is 4.11. The Morgan fingerprint density at radius 3 is 2.59 bits per heavy atom. The number of rotatable bonds is 6.